The average molecular weight is 394 g/mol. The van der Waals surface area contributed by atoms with Crippen LogP contribution in [-0.2, 0) is 16.0 Å². The van der Waals surface area contributed by atoms with Crippen molar-refractivity contribution in [3.05, 3.63) is 63.7 Å². The van der Waals surface area contributed by atoms with Crippen LogP contribution in [-0.4, -0.2) is 18.4 Å². The number of hydrogen-bond donors (Lipinski definition) is 2. The monoisotopic (exact) mass is 394 g/mol. The standard InChI is InChI=1S/C16H15IN2O2/c17-13-6-8-14(9-7-13)19-16(21)11-18-15(20)10-12-4-2-1-3-5-12/h1-9H,10-11H2,(H,18,20)(H,19,21). The zero-order valence-corrected chi connectivity index (χ0v) is 13.5. The molecule has 108 valence electrons. The maximum absolute atomic E-state index is 11.7. The van der Waals surface area contributed by atoms with Crippen LogP contribution in [0, 0.1) is 3.57 Å². The van der Waals surface area contributed by atoms with E-state index >= 15 is 0 Å². The van der Waals surface area contributed by atoms with Crippen molar-refractivity contribution in [2.75, 3.05) is 11.9 Å². The third-order valence-corrected chi connectivity index (χ3v) is 3.50. The molecule has 0 heterocycles. The Morgan fingerprint density at radius 1 is 0.905 bits per heavy atom. The molecule has 0 atom stereocenters. The van der Waals surface area contributed by atoms with E-state index in [0.29, 0.717) is 0 Å². The lowest BCUT2D eigenvalue weighted by atomic mass is 10.1. The van der Waals surface area contributed by atoms with Gasteiger partial charge in [-0.15, -0.1) is 0 Å². The summed E-state index contributed by atoms with van der Waals surface area (Å²) < 4.78 is 1.10. The van der Waals surface area contributed by atoms with Crippen LogP contribution >= 0.6 is 22.6 Å². The summed E-state index contributed by atoms with van der Waals surface area (Å²) >= 11 is 2.20. The maximum Gasteiger partial charge on any atom is 0.243 e. The van der Waals surface area contributed by atoms with Gasteiger partial charge in [-0.25, -0.2) is 0 Å². The van der Waals surface area contributed by atoms with E-state index in [4.69, 9.17) is 0 Å². The van der Waals surface area contributed by atoms with Crippen molar-refractivity contribution in [3.63, 3.8) is 0 Å². The fraction of sp³-hybridized carbons (Fsp3) is 0.125. The smallest absolute Gasteiger partial charge is 0.243 e. The molecule has 0 fully saturated rings. The highest BCUT2D eigenvalue weighted by Crippen LogP contribution is 2.10. The Kier molecular flexibility index (Phi) is 5.74. The summed E-state index contributed by atoms with van der Waals surface area (Å²) in [6.45, 7) is -0.0301. The number of carbonyl (C=O) groups excluding carboxylic acids is 2. The Labute approximate surface area is 137 Å². The van der Waals surface area contributed by atoms with Gasteiger partial charge in [0.1, 0.15) is 0 Å². The summed E-state index contributed by atoms with van der Waals surface area (Å²) in [6, 6.07) is 16.9. The maximum atomic E-state index is 11.7. The first-order chi connectivity index (χ1) is 10.1. The van der Waals surface area contributed by atoms with E-state index in [9.17, 15) is 9.59 Å². The lowest BCUT2D eigenvalue weighted by Gasteiger charge is -2.07. The number of benzene rings is 2. The molecule has 21 heavy (non-hydrogen) atoms. The van der Waals surface area contributed by atoms with E-state index < -0.39 is 0 Å². The van der Waals surface area contributed by atoms with Gasteiger partial charge in [0.15, 0.2) is 0 Å². The first-order valence-electron chi connectivity index (χ1n) is 6.49. The zero-order valence-electron chi connectivity index (χ0n) is 11.3. The number of hydrogen-bond acceptors (Lipinski definition) is 2. The molecule has 0 spiro atoms. The molecule has 0 aliphatic heterocycles. The molecular formula is C16H15IN2O2. The minimum atomic E-state index is -0.238. The second kappa shape index (κ2) is 7.78. The third kappa shape index (κ3) is 5.55. The molecule has 2 N–H and O–H groups in total. The van der Waals surface area contributed by atoms with Gasteiger partial charge >= 0.3 is 0 Å². The molecule has 5 heteroatoms. The van der Waals surface area contributed by atoms with Crippen molar-refractivity contribution >= 4 is 40.1 Å². The molecule has 4 nitrogen and oxygen atoms in total. The fourth-order valence-electron chi connectivity index (χ4n) is 1.76. The van der Waals surface area contributed by atoms with Gasteiger partial charge in [0.05, 0.1) is 13.0 Å². The van der Waals surface area contributed by atoms with Crippen molar-refractivity contribution in [1.82, 2.24) is 5.32 Å². The van der Waals surface area contributed by atoms with Gasteiger partial charge in [0.2, 0.25) is 11.8 Å². The van der Waals surface area contributed by atoms with Crippen molar-refractivity contribution in [2.24, 2.45) is 0 Å². The first kappa shape index (κ1) is 15.5. The van der Waals surface area contributed by atoms with E-state index in [1.54, 1.807) is 0 Å². The number of nitrogens with one attached hydrogen (secondary N) is 2. The Hall–Kier alpha value is -1.89. The second-order valence-corrected chi connectivity index (χ2v) is 5.74. The van der Waals surface area contributed by atoms with Crippen LogP contribution in [0.3, 0.4) is 0 Å². The summed E-state index contributed by atoms with van der Waals surface area (Å²) in [5.74, 6) is -0.406. The summed E-state index contributed by atoms with van der Waals surface area (Å²) in [4.78, 5) is 23.4. The number of amides is 2. The van der Waals surface area contributed by atoms with E-state index in [0.717, 1.165) is 14.8 Å². The number of carbonyl (C=O) groups is 2. The van der Waals surface area contributed by atoms with Crippen LogP contribution in [0.5, 0.6) is 0 Å². The Balaban J connectivity index is 1.76. The molecule has 0 aliphatic carbocycles. The molecule has 0 saturated heterocycles. The predicted molar refractivity (Wildman–Crippen MR) is 90.9 cm³/mol. The molecule has 2 rings (SSSR count). The van der Waals surface area contributed by atoms with Crippen LogP contribution < -0.4 is 10.6 Å². The van der Waals surface area contributed by atoms with Crippen LogP contribution in [0.2, 0.25) is 0 Å². The highest BCUT2D eigenvalue weighted by Gasteiger charge is 2.06. The van der Waals surface area contributed by atoms with E-state index in [-0.39, 0.29) is 24.8 Å². The normalized spacial score (nSPS) is 9.95. The Bertz CT molecular complexity index is 612. The summed E-state index contributed by atoms with van der Waals surface area (Å²) in [5, 5.41) is 5.34. The van der Waals surface area contributed by atoms with E-state index in [1.165, 1.54) is 0 Å². The van der Waals surface area contributed by atoms with Crippen LogP contribution in [0.1, 0.15) is 5.56 Å². The zero-order chi connectivity index (χ0) is 15.1. The van der Waals surface area contributed by atoms with Gasteiger partial charge in [-0.05, 0) is 52.4 Å². The summed E-state index contributed by atoms with van der Waals surface area (Å²) in [7, 11) is 0. The Morgan fingerprint density at radius 3 is 2.24 bits per heavy atom. The third-order valence-electron chi connectivity index (χ3n) is 2.78. The first-order valence-corrected chi connectivity index (χ1v) is 7.57. The van der Waals surface area contributed by atoms with Gasteiger partial charge in [-0.3, -0.25) is 9.59 Å². The van der Waals surface area contributed by atoms with Crippen molar-refractivity contribution < 1.29 is 9.59 Å². The number of rotatable bonds is 5. The molecule has 2 aromatic carbocycles. The highest BCUT2D eigenvalue weighted by molar-refractivity contribution is 14.1. The van der Waals surface area contributed by atoms with Crippen LogP contribution in [0.4, 0.5) is 5.69 Å². The lowest BCUT2D eigenvalue weighted by Crippen LogP contribution is -2.33. The van der Waals surface area contributed by atoms with E-state index in [2.05, 4.69) is 33.2 Å². The van der Waals surface area contributed by atoms with Gasteiger partial charge in [0.25, 0.3) is 0 Å². The highest BCUT2D eigenvalue weighted by atomic mass is 127. The summed E-state index contributed by atoms with van der Waals surface area (Å²) in [5.41, 5.74) is 1.64. The quantitative estimate of drug-likeness (QED) is 0.767. The molecule has 0 aromatic heterocycles. The fourth-order valence-corrected chi connectivity index (χ4v) is 2.12. The molecular weight excluding hydrogens is 379 g/mol. The van der Waals surface area contributed by atoms with Crippen LogP contribution in [0.15, 0.2) is 54.6 Å². The van der Waals surface area contributed by atoms with Crippen molar-refractivity contribution in [3.8, 4) is 0 Å². The molecule has 0 bridgehead atoms. The molecule has 0 aliphatic rings. The minimum absolute atomic E-state index is 0.0301. The minimum Gasteiger partial charge on any atom is -0.347 e. The SMILES string of the molecule is O=C(Cc1ccccc1)NCC(=O)Nc1ccc(I)cc1. The van der Waals surface area contributed by atoms with Gasteiger partial charge in [-0.2, -0.15) is 0 Å². The van der Waals surface area contributed by atoms with Gasteiger partial charge in [-0.1, -0.05) is 30.3 Å². The predicted octanol–water partition coefficient (Wildman–Crippen LogP) is 2.59. The van der Waals surface area contributed by atoms with Crippen molar-refractivity contribution in [2.45, 2.75) is 6.42 Å². The van der Waals surface area contributed by atoms with Gasteiger partial charge < -0.3 is 10.6 Å². The van der Waals surface area contributed by atoms with Crippen molar-refractivity contribution in [1.29, 1.82) is 0 Å². The Morgan fingerprint density at radius 2 is 1.57 bits per heavy atom. The number of anilines is 1. The lowest BCUT2D eigenvalue weighted by molar-refractivity contribution is -0.123. The topological polar surface area (TPSA) is 58.2 Å². The second-order valence-electron chi connectivity index (χ2n) is 4.49. The summed E-state index contributed by atoms with van der Waals surface area (Å²) in [6.07, 6.45) is 0.275. The average Bonchev–Trinajstić information content (AvgIpc) is 2.49. The molecule has 0 radical (unpaired) electrons. The van der Waals surface area contributed by atoms with Gasteiger partial charge in [0, 0.05) is 9.26 Å². The molecule has 0 unspecified atom stereocenters. The molecule has 0 saturated carbocycles. The van der Waals surface area contributed by atoms with Crippen LogP contribution in [0.25, 0.3) is 0 Å². The number of halogens is 1. The van der Waals surface area contributed by atoms with E-state index in [1.807, 2.05) is 54.6 Å². The molecule has 2 aromatic rings. The molecule has 2 amide bonds. The largest absolute Gasteiger partial charge is 0.347 e.